The van der Waals surface area contributed by atoms with Gasteiger partial charge in [-0.1, -0.05) is 20.8 Å². The second kappa shape index (κ2) is 5.17. The van der Waals surface area contributed by atoms with E-state index in [1.54, 1.807) is 12.4 Å². The van der Waals surface area contributed by atoms with E-state index in [-0.39, 0.29) is 17.9 Å². The molecule has 4 heteroatoms. The van der Waals surface area contributed by atoms with Gasteiger partial charge in [0.05, 0.1) is 6.42 Å². The van der Waals surface area contributed by atoms with Crippen LogP contribution in [-0.2, 0) is 4.79 Å². The Balaban J connectivity index is 2.87. The number of aliphatic carboxylic acids is 1. The van der Waals surface area contributed by atoms with Gasteiger partial charge in [-0.25, -0.2) is 0 Å². The highest BCUT2D eigenvalue weighted by molar-refractivity contribution is 5.68. The third-order valence-electron chi connectivity index (χ3n) is 2.77. The quantitative estimate of drug-likeness (QED) is 0.843. The van der Waals surface area contributed by atoms with Crippen LogP contribution in [0.5, 0.6) is 0 Å². The molecule has 0 saturated heterocycles. The molecule has 94 valence electrons. The fourth-order valence-electron chi connectivity index (χ4n) is 1.57. The summed E-state index contributed by atoms with van der Waals surface area (Å²) in [6.07, 6.45) is 3.57. The van der Waals surface area contributed by atoms with E-state index in [0.29, 0.717) is 0 Å². The Morgan fingerprint density at radius 3 is 2.65 bits per heavy atom. The van der Waals surface area contributed by atoms with E-state index < -0.39 is 5.97 Å². The van der Waals surface area contributed by atoms with Crippen molar-refractivity contribution in [1.82, 2.24) is 4.98 Å². The van der Waals surface area contributed by atoms with Crippen molar-refractivity contribution < 1.29 is 9.90 Å². The van der Waals surface area contributed by atoms with Crippen LogP contribution < -0.4 is 5.32 Å². The number of rotatable bonds is 4. The number of aromatic nitrogens is 1. The maximum atomic E-state index is 10.9. The van der Waals surface area contributed by atoms with Gasteiger partial charge in [0.2, 0.25) is 0 Å². The van der Waals surface area contributed by atoms with Gasteiger partial charge >= 0.3 is 5.97 Å². The zero-order chi connectivity index (χ0) is 13.1. The average molecular weight is 236 g/mol. The van der Waals surface area contributed by atoms with Crippen LogP contribution in [0.15, 0.2) is 18.5 Å². The lowest BCUT2D eigenvalue weighted by Gasteiger charge is -2.31. The second-order valence-electron chi connectivity index (χ2n) is 5.35. The molecule has 1 aromatic heterocycles. The Kier molecular flexibility index (Phi) is 4.10. The van der Waals surface area contributed by atoms with Gasteiger partial charge in [-0.2, -0.15) is 0 Å². The van der Waals surface area contributed by atoms with Crippen LogP contribution in [0.2, 0.25) is 0 Å². The summed E-state index contributed by atoms with van der Waals surface area (Å²) in [5.41, 5.74) is 1.85. The summed E-state index contributed by atoms with van der Waals surface area (Å²) in [6.45, 7) is 8.05. The first-order valence-electron chi connectivity index (χ1n) is 5.69. The molecule has 1 rings (SSSR count). The normalized spacial score (nSPS) is 13.2. The van der Waals surface area contributed by atoms with Crippen LogP contribution in [0.25, 0.3) is 0 Å². The zero-order valence-corrected chi connectivity index (χ0v) is 10.8. The predicted molar refractivity (Wildman–Crippen MR) is 68.1 cm³/mol. The van der Waals surface area contributed by atoms with Crippen LogP contribution in [0.3, 0.4) is 0 Å². The van der Waals surface area contributed by atoms with Crippen molar-refractivity contribution in [1.29, 1.82) is 0 Å². The van der Waals surface area contributed by atoms with Crippen molar-refractivity contribution in [2.45, 2.75) is 40.2 Å². The molecule has 0 aromatic carbocycles. The first-order valence-corrected chi connectivity index (χ1v) is 5.69. The molecule has 4 nitrogen and oxygen atoms in total. The summed E-state index contributed by atoms with van der Waals surface area (Å²) in [5.74, 6) is -0.788. The summed E-state index contributed by atoms with van der Waals surface area (Å²) in [7, 11) is 0. The Morgan fingerprint density at radius 2 is 2.18 bits per heavy atom. The van der Waals surface area contributed by atoms with Crippen LogP contribution in [0.4, 0.5) is 5.69 Å². The molecule has 17 heavy (non-hydrogen) atoms. The van der Waals surface area contributed by atoms with E-state index in [9.17, 15) is 4.79 Å². The summed E-state index contributed by atoms with van der Waals surface area (Å²) in [6, 6.07) is 1.76. The molecule has 0 bridgehead atoms. The molecule has 0 aliphatic rings. The monoisotopic (exact) mass is 236 g/mol. The number of carboxylic acids is 1. The highest BCUT2D eigenvalue weighted by atomic mass is 16.4. The lowest BCUT2D eigenvalue weighted by molar-refractivity contribution is -0.137. The van der Waals surface area contributed by atoms with Crippen LogP contribution >= 0.6 is 0 Å². The minimum absolute atomic E-state index is 0.102. The summed E-state index contributed by atoms with van der Waals surface area (Å²) in [5, 5.41) is 12.2. The average Bonchev–Trinajstić information content (AvgIpc) is 2.18. The predicted octanol–water partition coefficient (Wildman–Crippen LogP) is 2.69. The smallest absolute Gasteiger partial charge is 0.305 e. The molecular weight excluding hydrogens is 216 g/mol. The maximum Gasteiger partial charge on any atom is 0.305 e. The molecule has 1 aromatic rings. The number of hydrogen-bond acceptors (Lipinski definition) is 3. The second-order valence-corrected chi connectivity index (χ2v) is 5.35. The van der Waals surface area contributed by atoms with Gasteiger partial charge in [-0.05, 0) is 24.0 Å². The Morgan fingerprint density at radius 1 is 1.53 bits per heavy atom. The zero-order valence-electron chi connectivity index (χ0n) is 10.8. The molecule has 0 aliphatic heterocycles. The number of pyridine rings is 1. The first kappa shape index (κ1) is 13.5. The van der Waals surface area contributed by atoms with Gasteiger partial charge in [-0.3, -0.25) is 9.78 Å². The maximum absolute atomic E-state index is 10.9. The number of hydrogen-bond donors (Lipinski definition) is 2. The van der Waals surface area contributed by atoms with Crippen molar-refractivity contribution in [3.63, 3.8) is 0 Å². The molecule has 0 saturated carbocycles. The summed E-state index contributed by atoms with van der Waals surface area (Å²) in [4.78, 5) is 14.9. The van der Waals surface area contributed by atoms with Gasteiger partial charge in [0, 0.05) is 24.1 Å². The number of nitrogens with one attached hydrogen (secondary N) is 1. The molecular formula is C13H20N2O2. The van der Waals surface area contributed by atoms with Gasteiger partial charge in [0.25, 0.3) is 0 Å². The van der Waals surface area contributed by atoms with Gasteiger partial charge in [-0.15, -0.1) is 0 Å². The SMILES string of the molecule is Cc1cnccc1NC(CC(=O)O)C(C)(C)C. The number of anilines is 1. The Labute approximate surface area is 102 Å². The first-order chi connectivity index (χ1) is 7.80. The minimum Gasteiger partial charge on any atom is -0.481 e. The molecule has 1 unspecified atom stereocenters. The van der Waals surface area contributed by atoms with Crippen LogP contribution in [-0.4, -0.2) is 22.1 Å². The highest BCUT2D eigenvalue weighted by Gasteiger charge is 2.27. The molecule has 0 spiro atoms. The molecule has 2 N–H and O–H groups in total. The van der Waals surface area contributed by atoms with Crippen molar-refractivity contribution in [3.05, 3.63) is 24.0 Å². The van der Waals surface area contributed by atoms with Crippen molar-refractivity contribution in [2.75, 3.05) is 5.32 Å². The van der Waals surface area contributed by atoms with Crippen LogP contribution in [0, 0.1) is 12.3 Å². The number of carboxylic acid groups (broad SMARTS) is 1. The lowest BCUT2D eigenvalue weighted by atomic mass is 9.84. The van der Waals surface area contributed by atoms with Crippen LogP contribution in [0.1, 0.15) is 32.8 Å². The summed E-state index contributed by atoms with van der Waals surface area (Å²) >= 11 is 0. The van der Waals surface area contributed by atoms with Crippen molar-refractivity contribution >= 4 is 11.7 Å². The van der Waals surface area contributed by atoms with Gasteiger partial charge in [0.15, 0.2) is 0 Å². The Hall–Kier alpha value is -1.58. The third kappa shape index (κ3) is 4.06. The summed E-state index contributed by atoms with van der Waals surface area (Å²) < 4.78 is 0. The van der Waals surface area contributed by atoms with E-state index in [1.165, 1.54) is 0 Å². The van der Waals surface area contributed by atoms with E-state index in [4.69, 9.17) is 5.11 Å². The van der Waals surface area contributed by atoms with E-state index in [2.05, 4.69) is 10.3 Å². The minimum atomic E-state index is -0.788. The van der Waals surface area contributed by atoms with E-state index in [0.717, 1.165) is 11.3 Å². The highest BCUT2D eigenvalue weighted by Crippen LogP contribution is 2.26. The molecule has 0 aliphatic carbocycles. The number of nitrogens with zero attached hydrogens (tertiary/aromatic N) is 1. The fourth-order valence-corrected chi connectivity index (χ4v) is 1.57. The van der Waals surface area contributed by atoms with Gasteiger partial charge in [0.1, 0.15) is 0 Å². The largest absolute Gasteiger partial charge is 0.481 e. The third-order valence-corrected chi connectivity index (χ3v) is 2.77. The van der Waals surface area contributed by atoms with E-state index in [1.807, 2.05) is 33.8 Å². The number of carbonyl (C=O) groups is 1. The molecule has 0 radical (unpaired) electrons. The van der Waals surface area contributed by atoms with Gasteiger partial charge < -0.3 is 10.4 Å². The lowest BCUT2D eigenvalue weighted by Crippen LogP contribution is -2.36. The Bertz CT molecular complexity index is 397. The molecule has 1 heterocycles. The standard InChI is InChI=1S/C13H20N2O2/c1-9-8-14-6-5-10(9)15-11(7-12(16)17)13(2,3)4/h5-6,8,11H,7H2,1-4H3,(H,14,15)(H,16,17). The molecule has 0 fully saturated rings. The topological polar surface area (TPSA) is 62.2 Å². The number of aryl methyl sites for hydroxylation is 1. The van der Waals surface area contributed by atoms with E-state index >= 15 is 0 Å². The molecule has 1 atom stereocenters. The fraction of sp³-hybridized carbons (Fsp3) is 0.538. The van der Waals surface area contributed by atoms with Crippen molar-refractivity contribution in [3.8, 4) is 0 Å². The molecule has 0 amide bonds. The van der Waals surface area contributed by atoms with Crippen molar-refractivity contribution in [2.24, 2.45) is 5.41 Å².